The van der Waals surface area contributed by atoms with Crippen molar-refractivity contribution in [1.82, 2.24) is 4.90 Å². The number of hydrogen-bond donors (Lipinski definition) is 5. The van der Waals surface area contributed by atoms with Crippen molar-refractivity contribution in [3.63, 3.8) is 0 Å². The summed E-state index contributed by atoms with van der Waals surface area (Å²) in [4.78, 5) is 40.9. The monoisotopic (exact) mass is 542 g/mol. The largest absolute Gasteiger partial charge is 0.511 e. The number of amides is 1. The molecule has 1 aromatic carbocycles. The molecule has 3 atom stereocenters. The van der Waals surface area contributed by atoms with Gasteiger partial charge in [0.05, 0.1) is 12.7 Å². The Kier molecular flexibility index (Phi) is 7.33. The van der Waals surface area contributed by atoms with Crippen LogP contribution in [0.5, 0.6) is 11.5 Å². The lowest BCUT2D eigenvalue weighted by Gasteiger charge is -2.45. The molecule has 1 amide bonds. The summed E-state index contributed by atoms with van der Waals surface area (Å²) in [6.45, 7) is 10.7. The Bertz CT molecular complexity index is 1310. The van der Waals surface area contributed by atoms with Crippen molar-refractivity contribution in [2.45, 2.75) is 65.5 Å². The zero-order chi connectivity index (χ0) is 29.0. The van der Waals surface area contributed by atoms with Crippen molar-refractivity contribution in [3.05, 3.63) is 45.4 Å². The minimum absolute atomic E-state index is 0.0510. The van der Waals surface area contributed by atoms with Gasteiger partial charge in [0.1, 0.15) is 28.6 Å². The molecule has 4 rings (SSSR count). The van der Waals surface area contributed by atoms with Gasteiger partial charge in [-0.3, -0.25) is 19.3 Å². The fourth-order valence-electron chi connectivity index (χ4n) is 6.19. The molecule has 0 bridgehead atoms. The maximum Gasteiger partial charge on any atom is 0.255 e. The van der Waals surface area contributed by atoms with E-state index in [2.05, 4.69) is 32.6 Å². The number of rotatable bonds is 7. The molecule has 10 nitrogen and oxygen atoms in total. The van der Waals surface area contributed by atoms with Gasteiger partial charge in [0.25, 0.3) is 5.91 Å². The van der Waals surface area contributed by atoms with Crippen LogP contribution >= 0.6 is 0 Å². The SMILES string of the molecule is CCN(CCC(C)(C)C)Cc1cc(O)c2c(c1OC)CC1C[C@H]3CC(O)=C(C(N)=O)C(=O)[C@@]3(O)C(O)=C1C2=O. The molecule has 0 spiro atoms. The third kappa shape index (κ3) is 4.69. The number of aliphatic hydroxyl groups is 3. The first-order valence-corrected chi connectivity index (χ1v) is 13.3. The van der Waals surface area contributed by atoms with Crippen LogP contribution in [-0.4, -0.2) is 68.6 Å². The van der Waals surface area contributed by atoms with E-state index in [1.54, 1.807) is 0 Å². The number of aliphatic hydroxyl groups excluding tert-OH is 2. The minimum atomic E-state index is -2.58. The van der Waals surface area contributed by atoms with E-state index in [0.29, 0.717) is 17.9 Å². The number of phenols is 1. The number of nitrogens with two attached hydrogens (primary N) is 1. The molecule has 212 valence electrons. The summed E-state index contributed by atoms with van der Waals surface area (Å²) in [5.41, 5.74) is 3.01. The molecule has 1 unspecified atom stereocenters. The second-order valence-electron chi connectivity index (χ2n) is 12.0. The Hall–Kier alpha value is -3.37. The zero-order valence-electron chi connectivity index (χ0n) is 23.1. The lowest BCUT2D eigenvalue weighted by atomic mass is 9.60. The van der Waals surface area contributed by atoms with E-state index in [1.807, 2.05) is 0 Å². The maximum absolute atomic E-state index is 13.7. The van der Waals surface area contributed by atoms with Gasteiger partial charge in [-0.2, -0.15) is 0 Å². The van der Waals surface area contributed by atoms with Crippen LogP contribution in [0.3, 0.4) is 0 Å². The number of nitrogens with zero attached hydrogens (tertiary/aromatic N) is 1. The molecule has 0 aromatic heterocycles. The van der Waals surface area contributed by atoms with E-state index in [1.165, 1.54) is 13.2 Å². The van der Waals surface area contributed by atoms with Crippen LogP contribution in [0.4, 0.5) is 0 Å². The number of fused-ring (bicyclic) bond motifs is 3. The molecule has 10 heteroatoms. The summed E-state index contributed by atoms with van der Waals surface area (Å²) in [5, 5.41) is 43.9. The molecule has 0 radical (unpaired) electrons. The molecule has 39 heavy (non-hydrogen) atoms. The topological polar surface area (TPSA) is 171 Å². The lowest BCUT2D eigenvalue weighted by Crippen LogP contribution is -2.57. The third-order valence-corrected chi connectivity index (χ3v) is 8.31. The summed E-state index contributed by atoms with van der Waals surface area (Å²) in [6, 6.07) is 1.49. The van der Waals surface area contributed by atoms with E-state index in [9.17, 15) is 34.8 Å². The average molecular weight is 543 g/mol. The first-order chi connectivity index (χ1) is 18.1. The number of phenolic OH excluding ortho intramolecular Hbond substituents is 1. The Morgan fingerprint density at radius 2 is 1.87 bits per heavy atom. The van der Waals surface area contributed by atoms with Gasteiger partial charge in [-0.1, -0.05) is 27.7 Å². The summed E-state index contributed by atoms with van der Waals surface area (Å²) in [5.74, 6) is -6.00. The van der Waals surface area contributed by atoms with Crippen LogP contribution in [-0.2, 0) is 22.6 Å². The van der Waals surface area contributed by atoms with Gasteiger partial charge in [-0.15, -0.1) is 0 Å². The molecule has 0 aliphatic heterocycles. The summed E-state index contributed by atoms with van der Waals surface area (Å²) in [6.07, 6.45) is 0.976. The van der Waals surface area contributed by atoms with E-state index < -0.39 is 52.0 Å². The quantitative estimate of drug-likeness (QED) is 0.325. The second kappa shape index (κ2) is 9.98. The fourth-order valence-corrected chi connectivity index (χ4v) is 6.19. The predicted octanol–water partition coefficient (Wildman–Crippen LogP) is 2.85. The highest BCUT2D eigenvalue weighted by Crippen LogP contribution is 2.52. The number of carbonyl (C=O) groups excluding carboxylic acids is 3. The van der Waals surface area contributed by atoms with Crippen molar-refractivity contribution in [1.29, 1.82) is 0 Å². The number of aromatic hydroxyl groups is 1. The van der Waals surface area contributed by atoms with Gasteiger partial charge >= 0.3 is 0 Å². The van der Waals surface area contributed by atoms with E-state index in [-0.39, 0.29) is 41.6 Å². The molecule has 3 aliphatic rings. The molecule has 1 aromatic rings. The molecule has 0 saturated heterocycles. The molecular formula is C29H38N2O8. The number of hydrogen-bond acceptors (Lipinski definition) is 9. The van der Waals surface area contributed by atoms with Crippen molar-refractivity contribution >= 4 is 17.5 Å². The van der Waals surface area contributed by atoms with Gasteiger partial charge in [-0.05, 0) is 49.8 Å². The Morgan fingerprint density at radius 1 is 1.21 bits per heavy atom. The van der Waals surface area contributed by atoms with Gasteiger partial charge in [0.15, 0.2) is 11.4 Å². The van der Waals surface area contributed by atoms with Crippen molar-refractivity contribution in [2.24, 2.45) is 23.0 Å². The Morgan fingerprint density at radius 3 is 2.44 bits per heavy atom. The molecule has 3 aliphatic carbocycles. The predicted molar refractivity (Wildman–Crippen MR) is 142 cm³/mol. The average Bonchev–Trinajstić information content (AvgIpc) is 2.83. The van der Waals surface area contributed by atoms with Crippen molar-refractivity contribution < 1.29 is 39.5 Å². The van der Waals surface area contributed by atoms with Crippen molar-refractivity contribution in [3.8, 4) is 11.5 Å². The van der Waals surface area contributed by atoms with Gasteiger partial charge in [-0.25, -0.2) is 0 Å². The van der Waals surface area contributed by atoms with Crippen molar-refractivity contribution in [2.75, 3.05) is 20.2 Å². The summed E-state index contributed by atoms with van der Waals surface area (Å²) >= 11 is 0. The number of carbonyl (C=O) groups is 3. The first-order valence-electron chi connectivity index (χ1n) is 13.3. The molecule has 6 N–H and O–H groups in total. The Labute approximate surface area is 227 Å². The third-order valence-electron chi connectivity index (χ3n) is 8.31. The molecular weight excluding hydrogens is 504 g/mol. The van der Waals surface area contributed by atoms with E-state index >= 15 is 0 Å². The van der Waals surface area contributed by atoms with Crippen LogP contribution in [0.2, 0.25) is 0 Å². The van der Waals surface area contributed by atoms with Crippen LogP contribution in [0, 0.1) is 17.3 Å². The highest BCUT2D eigenvalue weighted by Gasteiger charge is 2.59. The number of Topliss-reactive ketones (excluding diaryl/α,β-unsaturated/α-hetero) is 2. The first kappa shape index (κ1) is 28.6. The van der Waals surface area contributed by atoms with E-state index in [4.69, 9.17) is 10.5 Å². The van der Waals surface area contributed by atoms with Gasteiger partial charge in [0, 0.05) is 35.6 Å². The number of primary amides is 1. The number of ketones is 2. The minimum Gasteiger partial charge on any atom is -0.511 e. The normalized spacial score (nSPS) is 25.0. The number of benzene rings is 1. The summed E-state index contributed by atoms with van der Waals surface area (Å²) in [7, 11) is 1.50. The summed E-state index contributed by atoms with van der Waals surface area (Å²) < 4.78 is 5.77. The molecule has 0 heterocycles. The van der Waals surface area contributed by atoms with Crippen LogP contribution in [0.1, 0.15) is 68.4 Å². The van der Waals surface area contributed by atoms with Crippen LogP contribution in [0.15, 0.2) is 28.7 Å². The number of methoxy groups -OCH3 is 1. The van der Waals surface area contributed by atoms with Gasteiger partial charge in [0.2, 0.25) is 5.78 Å². The number of allylic oxidation sites excluding steroid dienone is 2. The van der Waals surface area contributed by atoms with Crippen LogP contribution in [0.25, 0.3) is 0 Å². The van der Waals surface area contributed by atoms with E-state index in [0.717, 1.165) is 25.1 Å². The van der Waals surface area contributed by atoms with Gasteiger partial charge < -0.3 is 30.9 Å². The maximum atomic E-state index is 13.7. The molecule has 0 saturated carbocycles. The highest BCUT2D eigenvalue weighted by molar-refractivity contribution is 6.24. The smallest absolute Gasteiger partial charge is 0.255 e. The number of ether oxygens (including phenoxy) is 1. The standard InChI is InChI=1S/C29H38N2O8/c1-6-31(8-7-28(2,3)4)13-15-11-18(32)21-17(24(15)39-5)10-14-9-16-12-19(33)22(27(30)37)26(36)29(16,38)25(35)20(14)23(21)34/h11,14,16,32-33,35,38H,6-10,12-13H2,1-5H3,(H2,30,37)/t14?,16-,29-/m0/s1. The highest BCUT2D eigenvalue weighted by atomic mass is 16.5. The zero-order valence-corrected chi connectivity index (χ0v) is 23.1. The lowest BCUT2D eigenvalue weighted by molar-refractivity contribution is -0.144. The second-order valence-corrected chi connectivity index (χ2v) is 12.0. The van der Waals surface area contributed by atoms with Crippen LogP contribution < -0.4 is 10.5 Å². The Balaban J connectivity index is 1.77. The fraction of sp³-hybridized carbons (Fsp3) is 0.552. The molecule has 0 fully saturated rings.